The van der Waals surface area contributed by atoms with Crippen LogP contribution in [0.25, 0.3) is 11.3 Å². The van der Waals surface area contributed by atoms with Gasteiger partial charge in [-0.25, -0.2) is 13.4 Å². The van der Waals surface area contributed by atoms with Crippen LogP contribution < -0.4 is 5.32 Å². The van der Waals surface area contributed by atoms with Gasteiger partial charge in [-0.15, -0.1) is 0 Å². The van der Waals surface area contributed by atoms with Crippen molar-refractivity contribution in [2.45, 2.75) is 29.8 Å². The number of benzene rings is 1. The molecule has 2 heterocycles. The van der Waals surface area contributed by atoms with Crippen LogP contribution in [0.15, 0.2) is 40.1 Å². The van der Waals surface area contributed by atoms with Crippen molar-refractivity contribution in [2.24, 2.45) is 0 Å². The SMILES string of the molecule is C[C@@H](Sc1ncc(-c2ccc(Br)cc2)[nH]1)C(=O)N[C@H]1CCS(=O)(=O)C1. The summed E-state index contributed by atoms with van der Waals surface area (Å²) in [6.07, 6.45) is 2.22. The largest absolute Gasteiger partial charge is 0.351 e. The molecule has 1 aliphatic rings. The molecule has 0 unspecified atom stereocenters. The van der Waals surface area contributed by atoms with E-state index in [0.717, 1.165) is 15.7 Å². The molecule has 1 amide bonds. The molecule has 6 nitrogen and oxygen atoms in total. The van der Waals surface area contributed by atoms with E-state index in [0.29, 0.717) is 11.6 Å². The van der Waals surface area contributed by atoms with Crippen molar-refractivity contribution in [1.29, 1.82) is 0 Å². The summed E-state index contributed by atoms with van der Waals surface area (Å²) in [5, 5.41) is 3.10. The Hall–Kier alpha value is -1.32. The molecule has 0 saturated carbocycles. The van der Waals surface area contributed by atoms with Gasteiger partial charge in [0.2, 0.25) is 5.91 Å². The molecule has 1 aromatic carbocycles. The molecule has 0 radical (unpaired) electrons. The third-order valence-electron chi connectivity index (χ3n) is 3.94. The zero-order valence-electron chi connectivity index (χ0n) is 13.5. The fraction of sp³-hybridized carbons (Fsp3) is 0.375. The molecule has 1 aromatic heterocycles. The fourth-order valence-corrected chi connectivity index (χ4v) is 5.32. The first-order valence-corrected chi connectivity index (χ1v) is 11.3. The van der Waals surface area contributed by atoms with Crippen molar-refractivity contribution in [2.75, 3.05) is 11.5 Å². The summed E-state index contributed by atoms with van der Waals surface area (Å²) in [6, 6.07) is 7.57. The molecule has 0 spiro atoms. The van der Waals surface area contributed by atoms with E-state index in [1.165, 1.54) is 11.8 Å². The summed E-state index contributed by atoms with van der Waals surface area (Å²) in [5.74, 6) is 0.00686. The topological polar surface area (TPSA) is 91.9 Å². The van der Waals surface area contributed by atoms with Gasteiger partial charge in [-0.3, -0.25) is 4.79 Å². The van der Waals surface area contributed by atoms with E-state index in [-0.39, 0.29) is 28.7 Å². The number of nitrogens with zero attached hydrogens (tertiary/aromatic N) is 1. The Balaban J connectivity index is 1.58. The van der Waals surface area contributed by atoms with Crippen LogP contribution in [0.2, 0.25) is 0 Å². The number of carbonyl (C=O) groups is 1. The van der Waals surface area contributed by atoms with Gasteiger partial charge in [0.1, 0.15) is 0 Å². The summed E-state index contributed by atoms with van der Waals surface area (Å²) in [7, 11) is -3.00. The number of hydrogen-bond acceptors (Lipinski definition) is 5. The molecule has 1 saturated heterocycles. The average molecular weight is 444 g/mol. The number of nitrogens with one attached hydrogen (secondary N) is 2. The number of sulfone groups is 1. The van der Waals surface area contributed by atoms with Crippen LogP contribution in [-0.2, 0) is 14.6 Å². The number of aromatic amines is 1. The van der Waals surface area contributed by atoms with Gasteiger partial charge in [0.25, 0.3) is 0 Å². The molecule has 3 rings (SSSR count). The van der Waals surface area contributed by atoms with E-state index in [1.807, 2.05) is 24.3 Å². The standard InChI is InChI=1S/C16H18BrN3O3S2/c1-10(15(21)19-13-6-7-25(22,23)9-13)24-16-18-8-14(20-16)11-2-4-12(17)5-3-11/h2-5,8,10,13H,6-7,9H2,1H3,(H,18,20)(H,19,21)/t10-,13+/m1/s1. The Kier molecular flexibility index (Phi) is 5.55. The van der Waals surface area contributed by atoms with Crippen LogP contribution in [0.5, 0.6) is 0 Å². The maximum absolute atomic E-state index is 12.3. The van der Waals surface area contributed by atoms with Gasteiger partial charge in [0, 0.05) is 10.5 Å². The highest BCUT2D eigenvalue weighted by molar-refractivity contribution is 9.10. The minimum Gasteiger partial charge on any atom is -0.351 e. The lowest BCUT2D eigenvalue weighted by molar-refractivity contribution is -0.120. The van der Waals surface area contributed by atoms with Gasteiger partial charge < -0.3 is 10.3 Å². The monoisotopic (exact) mass is 443 g/mol. The maximum atomic E-state index is 12.3. The lowest BCUT2D eigenvalue weighted by atomic mass is 10.2. The van der Waals surface area contributed by atoms with Crippen LogP contribution in [-0.4, -0.2) is 47.1 Å². The number of carbonyl (C=O) groups excluding carboxylic acids is 1. The molecule has 2 aromatic rings. The molecular formula is C16H18BrN3O3S2. The molecular weight excluding hydrogens is 426 g/mol. The first-order valence-electron chi connectivity index (χ1n) is 7.81. The number of rotatable bonds is 5. The second-order valence-electron chi connectivity index (χ2n) is 5.98. The van der Waals surface area contributed by atoms with Crippen molar-refractivity contribution < 1.29 is 13.2 Å². The smallest absolute Gasteiger partial charge is 0.233 e. The van der Waals surface area contributed by atoms with Crippen molar-refractivity contribution in [1.82, 2.24) is 15.3 Å². The van der Waals surface area contributed by atoms with Crippen molar-refractivity contribution in [3.63, 3.8) is 0 Å². The van der Waals surface area contributed by atoms with E-state index in [2.05, 4.69) is 31.2 Å². The molecule has 0 bridgehead atoms. The van der Waals surface area contributed by atoms with Gasteiger partial charge in [0.15, 0.2) is 15.0 Å². The fourth-order valence-electron chi connectivity index (χ4n) is 2.59. The number of amides is 1. The van der Waals surface area contributed by atoms with Gasteiger partial charge in [0.05, 0.1) is 28.6 Å². The third-order valence-corrected chi connectivity index (χ3v) is 7.24. The molecule has 134 valence electrons. The van der Waals surface area contributed by atoms with Crippen molar-refractivity contribution in [3.05, 3.63) is 34.9 Å². The van der Waals surface area contributed by atoms with Gasteiger partial charge in [-0.1, -0.05) is 39.8 Å². The molecule has 25 heavy (non-hydrogen) atoms. The van der Waals surface area contributed by atoms with Gasteiger partial charge in [-0.05, 0) is 31.0 Å². The molecule has 2 N–H and O–H groups in total. The molecule has 0 aliphatic carbocycles. The van der Waals surface area contributed by atoms with E-state index in [4.69, 9.17) is 0 Å². The summed E-state index contributed by atoms with van der Waals surface area (Å²) in [4.78, 5) is 19.8. The van der Waals surface area contributed by atoms with Crippen LogP contribution in [0.3, 0.4) is 0 Å². The lowest BCUT2D eigenvalue weighted by Gasteiger charge is -2.14. The normalized spacial score (nSPS) is 20.3. The second kappa shape index (κ2) is 7.51. The number of H-pyrrole nitrogens is 1. The van der Waals surface area contributed by atoms with E-state index in [1.54, 1.807) is 13.1 Å². The number of hydrogen-bond donors (Lipinski definition) is 2. The Labute approximate surface area is 159 Å². The first-order chi connectivity index (χ1) is 11.8. The number of aromatic nitrogens is 2. The van der Waals surface area contributed by atoms with Crippen molar-refractivity contribution in [3.8, 4) is 11.3 Å². The predicted octanol–water partition coefficient (Wildman–Crippen LogP) is 2.62. The lowest BCUT2D eigenvalue weighted by Crippen LogP contribution is -2.39. The average Bonchev–Trinajstić information content (AvgIpc) is 3.14. The van der Waals surface area contributed by atoms with Crippen LogP contribution in [0.1, 0.15) is 13.3 Å². The minimum atomic E-state index is -3.00. The predicted molar refractivity (Wildman–Crippen MR) is 102 cm³/mol. The maximum Gasteiger partial charge on any atom is 0.233 e. The quantitative estimate of drug-likeness (QED) is 0.692. The van der Waals surface area contributed by atoms with E-state index >= 15 is 0 Å². The second-order valence-corrected chi connectivity index (χ2v) is 10.5. The molecule has 9 heteroatoms. The number of thioether (sulfide) groups is 1. The van der Waals surface area contributed by atoms with Gasteiger partial charge in [-0.2, -0.15) is 0 Å². The zero-order chi connectivity index (χ0) is 18.0. The minimum absolute atomic E-state index is 0.0323. The molecule has 2 atom stereocenters. The van der Waals surface area contributed by atoms with E-state index < -0.39 is 9.84 Å². The van der Waals surface area contributed by atoms with Crippen LogP contribution >= 0.6 is 27.7 Å². The van der Waals surface area contributed by atoms with Crippen LogP contribution in [0, 0.1) is 0 Å². The van der Waals surface area contributed by atoms with E-state index in [9.17, 15) is 13.2 Å². The highest BCUT2D eigenvalue weighted by Gasteiger charge is 2.30. The zero-order valence-corrected chi connectivity index (χ0v) is 16.7. The third kappa shape index (κ3) is 4.86. The molecule has 1 aliphatic heterocycles. The first kappa shape index (κ1) is 18.5. The Morgan fingerprint density at radius 3 is 2.76 bits per heavy atom. The van der Waals surface area contributed by atoms with Gasteiger partial charge >= 0.3 is 0 Å². The Morgan fingerprint density at radius 1 is 1.40 bits per heavy atom. The van der Waals surface area contributed by atoms with Crippen LogP contribution in [0.4, 0.5) is 0 Å². The summed E-state index contributed by atoms with van der Waals surface area (Å²) < 4.78 is 23.9. The number of halogens is 1. The Morgan fingerprint density at radius 2 is 2.12 bits per heavy atom. The summed E-state index contributed by atoms with van der Waals surface area (Å²) in [6.45, 7) is 1.78. The Bertz CT molecular complexity index is 865. The highest BCUT2D eigenvalue weighted by Crippen LogP contribution is 2.25. The molecule has 1 fully saturated rings. The van der Waals surface area contributed by atoms with Crippen molar-refractivity contribution >= 4 is 43.4 Å². The summed E-state index contributed by atoms with van der Waals surface area (Å²) in [5.41, 5.74) is 1.89. The number of imidazole rings is 1. The summed E-state index contributed by atoms with van der Waals surface area (Å²) >= 11 is 4.72. The highest BCUT2D eigenvalue weighted by atomic mass is 79.9.